The van der Waals surface area contributed by atoms with Gasteiger partial charge in [-0.05, 0) is 30.9 Å². The molecule has 0 radical (unpaired) electrons. The minimum atomic E-state index is 0.0196. The third-order valence-electron chi connectivity index (χ3n) is 3.47. The quantitative estimate of drug-likeness (QED) is 0.617. The van der Waals surface area contributed by atoms with Crippen LogP contribution in [0.25, 0.3) is 0 Å². The molecule has 0 saturated carbocycles. The predicted octanol–water partition coefficient (Wildman–Crippen LogP) is 1.02. The predicted molar refractivity (Wildman–Crippen MR) is 67.1 cm³/mol. The molecular weight excluding hydrogens is 230 g/mol. The first-order valence-corrected chi connectivity index (χ1v) is 6.35. The summed E-state index contributed by atoms with van der Waals surface area (Å²) in [6, 6.07) is 1.96. The average Bonchev–Trinajstić information content (AvgIpc) is 2.97. The van der Waals surface area contributed by atoms with Crippen molar-refractivity contribution in [1.29, 1.82) is 5.41 Å². The van der Waals surface area contributed by atoms with Gasteiger partial charge in [-0.2, -0.15) is 0 Å². The van der Waals surface area contributed by atoms with Crippen LogP contribution in [0, 0.1) is 5.41 Å². The molecule has 2 aliphatic rings. The van der Waals surface area contributed by atoms with Crippen molar-refractivity contribution in [2.45, 2.75) is 31.8 Å². The van der Waals surface area contributed by atoms with E-state index in [9.17, 15) is 0 Å². The molecule has 0 bridgehead atoms. The summed E-state index contributed by atoms with van der Waals surface area (Å²) in [5.41, 5.74) is 8.52. The van der Waals surface area contributed by atoms with E-state index in [0.717, 1.165) is 38.0 Å². The second-order valence-electron chi connectivity index (χ2n) is 4.82. The number of aryl methyl sites for hydroxylation is 2. The highest BCUT2D eigenvalue weighted by Gasteiger charge is 2.23. The van der Waals surface area contributed by atoms with E-state index in [0.29, 0.717) is 18.1 Å². The molecule has 1 aromatic heterocycles. The Bertz CT molecular complexity index is 481. The van der Waals surface area contributed by atoms with Crippen LogP contribution in [-0.4, -0.2) is 30.1 Å². The van der Waals surface area contributed by atoms with E-state index >= 15 is 0 Å². The Labute approximate surface area is 106 Å². The number of rotatable bonds is 3. The monoisotopic (exact) mass is 247 g/mol. The van der Waals surface area contributed by atoms with Gasteiger partial charge in [0.1, 0.15) is 11.9 Å². The Hall–Kier alpha value is -1.62. The Morgan fingerprint density at radius 2 is 2.39 bits per heavy atom. The van der Waals surface area contributed by atoms with Crippen LogP contribution in [0.1, 0.15) is 29.7 Å². The zero-order valence-corrected chi connectivity index (χ0v) is 10.2. The van der Waals surface area contributed by atoms with Crippen molar-refractivity contribution in [3.63, 3.8) is 0 Å². The molecule has 1 aliphatic heterocycles. The van der Waals surface area contributed by atoms with Gasteiger partial charge >= 0.3 is 0 Å². The maximum absolute atomic E-state index is 7.64. The molecule has 0 spiro atoms. The molecule has 1 saturated heterocycles. The number of hydrogen-bond donors (Lipinski definition) is 2. The van der Waals surface area contributed by atoms with E-state index in [1.54, 1.807) is 0 Å². The van der Waals surface area contributed by atoms with E-state index in [-0.39, 0.29) is 11.9 Å². The number of nitrogen functional groups attached to an aromatic ring is 1. The average molecular weight is 247 g/mol. The SMILES string of the molecule is N=C(N)c1cc2c(nc1OC1CCOC1)CCC2. The fourth-order valence-electron chi connectivity index (χ4n) is 2.50. The van der Waals surface area contributed by atoms with Crippen molar-refractivity contribution >= 4 is 5.84 Å². The number of nitrogens with one attached hydrogen (secondary N) is 1. The summed E-state index contributed by atoms with van der Waals surface area (Å²) in [6.07, 6.45) is 4.04. The highest BCUT2D eigenvalue weighted by atomic mass is 16.5. The van der Waals surface area contributed by atoms with Crippen molar-refractivity contribution in [1.82, 2.24) is 4.98 Å². The molecule has 5 heteroatoms. The summed E-state index contributed by atoms with van der Waals surface area (Å²) >= 11 is 0. The van der Waals surface area contributed by atoms with Crippen molar-refractivity contribution in [3.05, 3.63) is 22.9 Å². The van der Waals surface area contributed by atoms with Gasteiger partial charge in [0.15, 0.2) is 0 Å². The summed E-state index contributed by atoms with van der Waals surface area (Å²) in [5.74, 6) is 0.518. The van der Waals surface area contributed by atoms with Crippen LogP contribution < -0.4 is 10.5 Å². The molecule has 5 nitrogen and oxygen atoms in total. The molecule has 18 heavy (non-hydrogen) atoms. The standard InChI is InChI=1S/C13H17N3O2/c14-12(15)10-6-8-2-1-3-11(8)16-13(10)18-9-4-5-17-7-9/h6,9H,1-5,7H2,(H3,14,15). The van der Waals surface area contributed by atoms with Gasteiger partial charge in [0, 0.05) is 12.1 Å². The number of nitrogens with two attached hydrogens (primary N) is 1. The normalized spacial score (nSPS) is 21.9. The van der Waals surface area contributed by atoms with Gasteiger partial charge in [-0.25, -0.2) is 4.98 Å². The number of hydrogen-bond acceptors (Lipinski definition) is 4. The van der Waals surface area contributed by atoms with Crippen LogP contribution >= 0.6 is 0 Å². The van der Waals surface area contributed by atoms with Crippen LogP contribution in [0.4, 0.5) is 0 Å². The summed E-state index contributed by atoms with van der Waals surface area (Å²) in [7, 11) is 0. The second-order valence-corrected chi connectivity index (χ2v) is 4.82. The van der Waals surface area contributed by atoms with Gasteiger partial charge in [0.25, 0.3) is 0 Å². The molecule has 96 valence electrons. The third-order valence-corrected chi connectivity index (χ3v) is 3.47. The maximum Gasteiger partial charge on any atom is 0.225 e. The second kappa shape index (κ2) is 4.57. The number of pyridine rings is 1. The number of aromatic nitrogens is 1. The first-order chi connectivity index (χ1) is 8.74. The van der Waals surface area contributed by atoms with Gasteiger partial charge in [-0.15, -0.1) is 0 Å². The Kier molecular flexibility index (Phi) is 2.91. The van der Waals surface area contributed by atoms with Gasteiger partial charge in [0.2, 0.25) is 5.88 Å². The molecule has 0 aromatic carbocycles. The van der Waals surface area contributed by atoms with Crippen LogP contribution in [0.2, 0.25) is 0 Å². The minimum Gasteiger partial charge on any atom is -0.471 e. The molecule has 1 aromatic rings. The minimum absolute atomic E-state index is 0.0196. The van der Waals surface area contributed by atoms with Crippen LogP contribution in [0.5, 0.6) is 5.88 Å². The lowest BCUT2D eigenvalue weighted by atomic mass is 10.1. The van der Waals surface area contributed by atoms with E-state index in [1.807, 2.05) is 6.07 Å². The van der Waals surface area contributed by atoms with E-state index in [1.165, 1.54) is 5.56 Å². The van der Waals surface area contributed by atoms with Crippen LogP contribution in [0.15, 0.2) is 6.07 Å². The highest BCUT2D eigenvalue weighted by molar-refractivity contribution is 5.97. The first kappa shape index (κ1) is 11.5. The van der Waals surface area contributed by atoms with E-state index < -0.39 is 0 Å². The number of amidine groups is 1. The van der Waals surface area contributed by atoms with Crippen molar-refractivity contribution < 1.29 is 9.47 Å². The maximum atomic E-state index is 7.64. The van der Waals surface area contributed by atoms with Gasteiger partial charge in [-0.1, -0.05) is 0 Å². The Balaban J connectivity index is 1.92. The van der Waals surface area contributed by atoms with E-state index in [2.05, 4.69) is 4.98 Å². The molecule has 0 amide bonds. The zero-order valence-electron chi connectivity index (χ0n) is 10.2. The molecule has 1 aliphatic carbocycles. The van der Waals surface area contributed by atoms with Crippen molar-refractivity contribution in [3.8, 4) is 5.88 Å². The van der Waals surface area contributed by atoms with Gasteiger partial charge in [0.05, 0.1) is 18.8 Å². The smallest absolute Gasteiger partial charge is 0.225 e. The molecule has 3 N–H and O–H groups in total. The fourth-order valence-corrected chi connectivity index (χ4v) is 2.50. The number of fused-ring (bicyclic) bond motifs is 1. The number of nitrogens with zero attached hydrogens (tertiary/aromatic N) is 1. The molecule has 2 heterocycles. The fraction of sp³-hybridized carbons (Fsp3) is 0.538. The largest absolute Gasteiger partial charge is 0.471 e. The van der Waals surface area contributed by atoms with Crippen LogP contribution in [-0.2, 0) is 17.6 Å². The molecular formula is C13H17N3O2. The zero-order chi connectivity index (χ0) is 12.5. The molecule has 1 fully saturated rings. The van der Waals surface area contributed by atoms with E-state index in [4.69, 9.17) is 20.6 Å². The van der Waals surface area contributed by atoms with Crippen LogP contribution in [0.3, 0.4) is 0 Å². The lowest BCUT2D eigenvalue weighted by Gasteiger charge is -2.15. The highest BCUT2D eigenvalue weighted by Crippen LogP contribution is 2.27. The lowest BCUT2D eigenvalue weighted by Crippen LogP contribution is -2.21. The summed E-state index contributed by atoms with van der Waals surface area (Å²) in [6.45, 7) is 1.32. The molecule has 3 rings (SSSR count). The molecule has 1 atom stereocenters. The summed E-state index contributed by atoms with van der Waals surface area (Å²) in [4.78, 5) is 4.54. The number of ether oxygens (including phenoxy) is 2. The van der Waals surface area contributed by atoms with Crippen molar-refractivity contribution in [2.75, 3.05) is 13.2 Å². The van der Waals surface area contributed by atoms with Crippen molar-refractivity contribution in [2.24, 2.45) is 5.73 Å². The molecule has 1 unspecified atom stereocenters. The first-order valence-electron chi connectivity index (χ1n) is 6.35. The lowest BCUT2D eigenvalue weighted by molar-refractivity contribution is 0.137. The Morgan fingerprint density at radius 1 is 1.50 bits per heavy atom. The Morgan fingerprint density at radius 3 is 3.11 bits per heavy atom. The summed E-state index contributed by atoms with van der Waals surface area (Å²) < 4.78 is 11.1. The summed E-state index contributed by atoms with van der Waals surface area (Å²) in [5, 5.41) is 7.64. The van der Waals surface area contributed by atoms with Gasteiger partial charge in [-0.3, -0.25) is 5.41 Å². The topological polar surface area (TPSA) is 81.2 Å². The third kappa shape index (κ3) is 2.06. The van der Waals surface area contributed by atoms with Gasteiger partial charge < -0.3 is 15.2 Å².